The van der Waals surface area contributed by atoms with Gasteiger partial charge in [-0.15, -0.1) is 11.6 Å². The Labute approximate surface area is 102 Å². The van der Waals surface area contributed by atoms with E-state index in [4.69, 9.17) is 11.6 Å². The summed E-state index contributed by atoms with van der Waals surface area (Å²) in [5.41, 5.74) is -0.0547. The highest BCUT2D eigenvalue weighted by Gasteiger charge is 2.41. The van der Waals surface area contributed by atoms with Gasteiger partial charge in [-0.05, 0) is 11.3 Å². The van der Waals surface area contributed by atoms with Crippen LogP contribution in [0.2, 0.25) is 0 Å². The molecule has 0 aromatic carbocycles. The van der Waals surface area contributed by atoms with E-state index >= 15 is 0 Å². The topological polar surface area (TPSA) is 54.5 Å². The van der Waals surface area contributed by atoms with Crippen molar-refractivity contribution >= 4 is 27.5 Å². The Morgan fingerprint density at radius 2 is 2.00 bits per heavy atom. The molecular weight excluding hydrogens is 250 g/mol. The van der Waals surface area contributed by atoms with Gasteiger partial charge < -0.3 is 0 Å². The van der Waals surface area contributed by atoms with Gasteiger partial charge in [-0.1, -0.05) is 20.8 Å². The van der Waals surface area contributed by atoms with Gasteiger partial charge in [-0.3, -0.25) is 4.79 Å². The summed E-state index contributed by atoms with van der Waals surface area (Å²) in [6.07, 6.45) is 0.311. The maximum atomic E-state index is 11.7. The first kappa shape index (κ1) is 13.8. The van der Waals surface area contributed by atoms with E-state index in [1.54, 1.807) is 0 Å². The van der Waals surface area contributed by atoms with E-state index in [9.17, 15) is 13.2 Å². The van der Waals surface area contributed by atoms with Crippen molar-refractivity contribution in [3.8, 4) is 0 Å². The summed E-state index contributed by atoms with van der Waals surface area (Å²) >= 11 is 5.42. The molecule has 0 N–H and O–H groups in total. The van der Waals surface area contributed by atoms with E-state index in [1.165, 1.54) is 0 Å². The number of halogens is 1. The summed E-state index contributed by atoms with van der Waals surface area (Å²) in [4.78, 5) is 11.7. The average Bonchev–Trinajstić information content (AvgIpc) is 2.46. The molecule has 1 saturated heterocycles. The molecule has 1 aliphatic heterocycles. The zero-order chi connectivity index (χ0) is 12.6. The number of hydrogen-bond acceptors (Lipinski definition) is 3. The minimum Gasteiger partial charge on any atom is -0.274 e. The van der Waals surface area contributed by atoms with Crippen LogP contribution in [0, 0.1) is 11.3 Å². The third-order valence-electron chi connectivity index (χ3n) is 2.98. The summed E-state index contributed by atoms with van der Waals surface area (Å²) in [7, 11) is -3.50. The van der Waals surface area contributed by atoms with E-state index < -0.39 is 10.0 Å². The molecule has 1 aliphatic rings. The molecule has 94 valence electrons. The molecule has 1 rings (SSSR count). The van der Waals surface area contributed by atoms with Crippen LogP contribution in [0.5, 0.6) is 0 Å². The van der Waals surface area contributed by atoms with Gasteiger partial charge >= 0.3 is 0 Å². The zero-order valence-corrected chi connectivity index (χ0v) is 11.4. The van der Waals surface area contributed by atoms with Crippen LogP contribution >= 0.6 is 11.6 Å². The highest BCUT2D eigenvalue weighted by Crippen LogP contribution is 2.35. The molecular formula is C10H18ClNO3S. The van der Waals surface area contributed by atoms with Crippen molar-refractivity contribution in [1.82, 2.24) is 4.31 Å². The van der Waals surface area contributed by atoms with Gasteiger partial charge in [0.15, 0.2) is 0 Å². The third kappa shape index (κ3) is 2.88. The Balaban J connectivity index is 2.84. The van der Waals surface area contributed by atoms with Crippen molar-refractivity contribution in [3.63, 3.8) is 0 Å². The molecule has 1 fully saturated rings. The van der Waals surface area contributed by atoms with Gasteiger partial charge in [0.2, 0.25) is 15.9 Å². The third-order valence-corrected chi connectivity index (χ3v) is 5.14. The Hall–Kier alpha value is -0.290. The van der Waals surface area contributed by atoms with Gasteiger partial charge in [0.25, 0.3) is 0 Å². The van der Waals surface area contributed by atoms with Crippen molar-refractivity contribution in [1.29, 1.82) is 0 Å². The highest BCUT2D eigenvalue weighted by atomic mass is 35.5. The standard InChI is InChI=1S/C10H18ClNO3S/c1-10(2,3)8-6-9(13)12(7-8)16(14,15)5-4-11/h8H,4-7H2,1-3H3. The summed E-state index contributed by atoms with van der Waals surface area (Å²) in [6.45, 7) is 6.34. The molecule has 1 amide bonds. The molecule has 0 aliphatic carbocycles. The van der Waals surface area contributed by atoms with Gasteiger partial charge in [0.05, 0.1) is 5.75 Å². The largest absolute Gasteiger partial charge is 0.274 e. The number of hydrogen-bond donors (Lipinski definition) is 0. The second-order valence-electron chi connectivity index (χ2n) is 5.20. The van der Waals surface area contributed by atoms with Crippen LogP contribution in [0.1, 0.15) is 27.2 Å². The fourth-order valence-corrected chi connectivity index (χ4v) is 3.53. The molecule has 4 nitrogen and oxygen atoms in total. The molecule has 16 heavy (non-hydrogen) atoms. The molecule has 0 spiro atoms. The molecule has 0 bridgehead atoms. The molecule has 0 aromatic rings. The fourth-order valence-electron chi connectivity index (χ4n) is 1.74. The van der Waals surface area contributed by atoms with Crippen LogP contribution < -0.4 is 0 Å². The van der Waals surface area contributed by atoms with Gasteiger partial charge in [0.1, 0.15) is 0 Å². The van der Waals surface area contributed by atoms with Crippen LogP contribution in [0.4, 0.5) is 0 Å². The Morgan fingerprint density at radius 1 is 1.44 bits per heavy atom. The number of alkyl halides is 1. The van der Waals surface area contributed by atoms with E-state index in [2.05, 4.69) is 0 Å². The number of carbonyl (C=O) groups is 1. The first-order chi connectivity index (χ1) is 7.18. The van der Waals surface area contributed by atoms with Gasteiger partial charge in [0, 0.05) is 18.8 Å². The first-order valence-electron chi connectivity index (χ1n) is 5.27. The average molecular weight is 268 g/mol. The lowest BCUT2D eigenvalue weighted by Gasteiger charge is -2.26. The molecule has 0 aromatic heterocycles. The summed E-state index contributed by atoms with van der Waals surface area (Å²) in [6, 6.07) is 0. The van der Waals surface area contributed by atoms with Crippen molar-refractivity contribution in [2.75, 3.05) is 18.2 Å². The fraction of sp³-hybridized carbons (Fsp3) is 0.900. The predicted molar refractivity (Wildman–Crippen MR) is 63.8 cm³/mol. The van der Waals surface area contributed by atoms with Crippen molar-refractivity contribution in [2.45, 2.75) is 27.2 Å². The lowest BCUT2D eigenvalue weighted by molar-refractivity contribution is -0.123. The van der Waals surface area contributed by atoms with Crippen molar-refractivity contribution < 1.29 is 13.2 Å². The summed E-state index contributed by atoms with van der Waals surface area (Å²) in [5, 5.41) is 0. The SMILES string of the molecule is CC(C)(C)C1CC(=O)N(S(=O)(=O)CCCl)C1. The van der Waals surface area contributed by atoms with E-state index in [-0.39, 0.29) is 28.9 Å². The Kier molecular flexibility index (Phi) is 3.90. The number of rotatable bonds is 3. The number of amides is 1. The van der Waals surface area contributed by atoms with Crippen LogP contribution in [-0.4, -0.2) is 36.8 Å². The first-order valence-corrected chi connectivity index (χ1v) is 7.42. The van der Waals surface area contributed by atoms with E-state index in [0.29, 0.717) is 13.0 Å². The van der Waals surface area contributed by atoms with Crippen LogP contribution in [0.15, 0.2) is 0 Å². The second-order valence-corrected chi connectivity index (χ2v) is 7.59. The number of sulfonamides is 1. The minimum atomic E-state index is -3.50. The minimum absolute atomic E-state index is 0.0201. The van der Waals surface area contributed by atoms with Crippen molar-refractivity contribution in [2.24, 2.45) is 11.3 Å². The number of nitrogens with zero attached hydrogens (tertiary/aromatic N) is 1. The van der Waals surface area contributed by atoms with Gasteiger partial charge in [-0.2, -0.15) is 0 Å². The van der Waals surface area contributed by atoms with Crippen LogP contribution in [0.3, 0.4) is 0 Å². The van der Waals surface area contributed by atoms with Crippen LogP contribution in [0.25, 0.3) is 0 Å². The molecule has 0 radical (unpaired) electrons. The van der Waals surface area contributed by atoms with Crippen LogP contribution in [-0.2, 0) is 14.8 Å². The second kappa shape index (κ2) is 4.53. The Morgan fingerprint density at radius 3 is 2.38 bits per heavy atom. The predicted octanol–water partition coefficient (Wildman–Crippen LogP) is 1.45. The summed E-state index contributed by atoms with van der Waals surface area (Å²) < 4.78 is 24.5. The molecule has 1 unspecified atom stereocenters. The lowest BCUT2D eigenvalue weighted by atomic mass is 9.80. The molecule has 6 heteroatoms. The quantitative estimate of drug-likeness (QED) is 0.728. The highest BCUT2D eigenvalue weighted by molar-refractivity contribution is 7.89. The monoisotopic (exact) mass is 267 g/mol. The van der Waals surface area contributed by atoms with Crippen molar-refractivity contribution in [3.05, 3.63) is 0 Å². The zero-order valence-electron chi connectivity index (χ0n) is 9.86. The number of carbonyl (C=O) groups excluding carboxylic acids is 1. The van der Waals surface area contributed by atoms with E-state index in [1.807, 2.05) is 20.8 Å². The maximum Gasteiger partial charge on any atom is 0.238 e. The Bertz CT molecular complexity index is 372. The normalized spacial score (nSPS) is 22.9. The summed E-state index contributed by atoms with van der Waals surface area (Å²) in [5.74, 6) is -0.362. The molecule has 0 saturated carbocycles. The smallest absolute Gasteiger partial charge is 0.238 e. The van der Waals surface area contributed by atoms with Gasteiger partial charge in [-0.25, -0.2) is 12.7 Å². The lowest BCUT2D eigenvalue weighted by Crippen LogP contribution is -2.35. The van der Waals surface area contributed by atoms with E-state index in [0.717, 1.165) is 4.31 Å². The molecule has 1 atom stereocenters. The maximum absolute atomic E-state index is 11.7. The molecule has 1 heterocycles.